The van der Waals surface area contributed by atoms with E-state index >= 15 is 0 Å². The van der Waals surface area contributed by atoms with E-state index in [1.807, 2.05) is 77.9 Å². The smallest absolute Gasteiger partial charge is 0.252 e. The summed E-state index contributed by atoms with van der Waals surface area (Å²) in [5.74, 6) is 0.135. The van der Waals surface area contributed by atoms with Crippen LogP contribution in [0.3, 0.4) is 0 Å². The van der Waals surface area contributed by atoms with Gasteiger partial charge in [-0.25, -0.2) is 0 Å². The van der Waals surface area contributed by atoms with E-state index in [-0.39, 0.29) is 22.9 Å². The molecule has 31 heavy (non-hydrogen) atoms. The number of aliphatic hydroxyl groups excluding tert-OH is 1. The minimum atomic E-state index is -0.660. The summed E-state index contributed by atoms with van der Waals surface area (Å²) in [5, 5.41) is 16.6. The Balaban J connectivity index is 2.07. The van der Waals surface area contributed by atoms with Gasteiger partial charge in [0.25, 0.3) is 11.8 Å². The number of aliphatic hydroxyl groups is 1. The van der Waals surface area contributed by atoms with Gasteiger partial charge in [-0.3, -0.25) is 9.59 Å². The topological polar surface area (TPSA) is 78.4 Å². The van der Waals surface area contributed by atoms with Crippen molar-refractivity contribution in [3.8, 4) is 0 Å². The van der Waals surface area contributed by atoms with Crippen LogP contribution in [-0.2, 0) is 6.42 Å². The van der Waals surface area contributed by atoms with Crippen LogP contribution in [0.4, 0.5) is 0 Å². The fraction of sp³-hybridized carbons (Fsp3) is 0.440. The monoisotopic (exact) mass is 442 g/mol. The molecule has 2 rings (SSSR count). The van der Waals surface area contributed by atoms with Gasteiger partial charge in [0.2, 0.25) is 0 Å². The molecule has 6 heteroatoms. The second-order valence-corrected chi connectivity index (χ2v) is 10.8. The van der Waals surface area contributed by atoms with Crippen molar-refractivity contribution < 1.29 is 14.7 Å². The third-order valence-electron chi connectivity index (χ3n) is 4.26. The summed E-state index contributed by atoms with van der Waals surface area (Å²) >= 11 is 1.44. The van der Waals surface area contributed by atoms with Crippen LogP contribution in [0.1, 0.15) is 67.8 Å². The van der Waals surface area contributed by atoms with Crippen molar-refractivity contribution in [1.82, 2.24) is 10.6 Å². The van der Waals surface area contributed by atoms with E-state index < -0.39 is 6.10 Å². The molecule has 0 unspecified atom stereocenters. The Labute approximate surface area is 190 Å². The van der Waals surface area contributed by atoms with Gasteiger partial charge in [0.05, 0.1) is 11.7 Å². The number of amides is 2. The third kappa shape index (κ3) is 8.38. The zero-order valence-electron chi connectivity index (χ0n) is 19.3. The Bertz CT molecular complexity index is 913. The van der Waals surface area contributed by atoms with E-state index in [4.69, 9.17) is 0 Å². The minimum Gasteiger partial charge on any atom is -0.392 e. The molecule has 0 aliphatic rings. The summed E-state index contributed by atoms with van der Waals surface area (Å²) in [6.45, 7) is 11.6. The first-order valence-corrected chi connectivity index (χ1v) is 11.5. The highest BCUT2D eigenvalue weighted by Crippen LogP contribution is 2.25. The van der Waals surface area contributed by atoms with Crippen LogP contribution < -0.4 is 10.6 Å². The highest BCUT2D eigenvalue weighted by molar-refractivity contribution is 7.99. The van der Waals surface area contributed by atoms with Crippen LogP contribution in [0.25, 0.3) is 0 Å². The molecular weight excluding hydrogens is 408 g/mol. The predicted octanol–water partition coefficient (Wildman–Crippen LogP) is 4.44. The Morgan fingerprint density at radius 2 is 1.32 bits per heavy atom. The highest BCUT2D eigenvalue weighted by atomic mass is 32.2. The fourth-order valence-electron chi connectivity index (χ4n) is 3.01. The van der Waals surface area contributed by atoms with Gasteiger partial charge in [-0.2, -0.15) is 0 Å². The van der Waals surface area contributed by atoms with Crippen molar-refractivity contribution in [2.75, 3.05) is 5.75 Å². The van der Waals surface area contributed by atoms with Crippen molar-refractivity contribution in [3.05, 3.63) is 65.2 Å². The van der Waals surface area contributed by atoms with Crippen LogP contribution >= 0.6 is 11.8 Å². The molecule has 168 valence electrons. The molecule has 1 atom stereocenters. The Morgan fingerprint density at radius 3 is 1.90 bits per heavy atom. The molecule has 0 spiro atoms. The standard InChI is InChI=1S/C25H34N2O3S/c1-24(2,3)26-22(29)19-12-8-7-11-17(19)15-18(28)16-31-21-14-10-9-13-20(21)23(30)27-25(4,5)6/h7-14,18,28H,15-16H2,1-6H3,(H,26,29)(H,27,30)/t18-/m1/s1. The zero-order valence-corrected chi connectivity index (χ0v) is 20.1. The first-order chi connectivity index (χ1) is 14.4. The van der Waals surface area contributed by atoms with E-state index in [0.29, 0.717) is 23.3 Å². The lowest BCUT2D eigenvalue weighted by Crippen LogP contribution is -2.41. The molecule has 0 aliphatic carbocycles. The number of carbonyl (C=O) groups is 2. The first-order valence-electron chi connectivity index (χ1n) is 10.5. The van der Waals surface area contributed by atoms with Gasteiger partial charge in [0.15, 0.2) is 0 Å². The number of nitrogens with one attached hydrogen (secondary N) is 2. The average molecular weight is 443 g/mol. The van der Waals surface area contributed by atoms with Crippen LogP contribution in [-0.4, -0.2) is 39.9 Å². The van der Waals surface area contributed by atoms with Crippen molar-refractivity contribution in [1.29, 1.82) is 0 Å². The lowest BCUT2D eigenvalue weighted by molar-refractivity contribution is 0.0907. The number of hydrogen-bond acceptors (Lipinski definition) is 4. The Kier molecular flexibility index (Phi) is 8.32. The second-order valence-electron chi connectivity index (χ2n) is 9.73. The molecule has 0 saturated heterocycles. The molecule has 2 aromatic rings. The number of benzene rings is 2. The molecule has 0 heterocycles. The van der Waals surface area contributed by atoms with Crippen LogP contribution in [0.15, 0.2) is 53.4 Å². The average Bonchev–Trinajstić information content (AvgIpc) is 2.64. The number of thioether (sulfide) groups is 1. The van der Waals surface area contributed by atoms with E-state index in [0.717, 1.165) is 10.5 Å². The molecule has 0 bridgehead atoms. The minimum absolute atomic E-state index is 0.130. The molecule has 5 nitrogen and oxygen atoms in total. The summed E-state index contributed by atoms with van der Waals surface area (Å²) in [5.41, 5.74) is 1.31. The largest absolute Gasteiger partial charge is 0.392 e. The van der Waals surface area contributed by atoms with Crippen molar-refractivity contribution in [2.45, 2.75) is 70.0 Å². The van der Waals surface area contributed by atoms with Gasteiger partial charge in [-0.05, 0) is 71.7 Å². The summed E-state index contributed by atoms with van der Waals surface area (Å²) < 4.78 is 0. The van der Waals surface area contributed by atoms with Crippen LogP contribution in [0.2, 0.25) is 0 Å². The summed E-state index contributed by atoms with van der Waals surface area (Å²) in [7, 11) is 0. The number of carbonyl (C=O) groups excluding carboxylic acids is 2. The quantitative estimate of drug-likeness (QED) is 0.554. The van der Waals surface area contributed by atoms with E-state index in [1.165, 1.54) is 11.8 Å². The maximum atomic E-state index is 12.6. The molecule has 0 aliphatic heterocycles. The van der Waals surface area contributed by atoms with Gasteiger partial charge in [0, 0.05) is 27.3 Å². The van der Waals surface area contributed by atoms with Gasteiger partial charge in [0.1, 0.15) is 0 Å². The number of rotatable bonds is 7. The molecule has 2 aromatic carbocycles. The Morgan fingerprint density at radius 1 is 0.839 bits per heavy atom. The van der Waals surface area contributed by atoms with Crippen molar-refractivity contribution in [2.24, 2.45) is 0 Å². The lowest BCUT2D eigenvalue weighted by Gasteiger charge is -2.22. The number of hydrogen-bond donors (Lipinski definition) is 3. The maximum Gasteiger partial charge on any atom is 0.252 e. The molecule has 2 amide bonds. The van der Waals surface area contributed by atoms with Crippen LogP contribution in [0.5, 0.6) is 0 Å². The predicted molar refractivity (Wildman–Crippen MR) is 128 cm³/mol. The molecule has 0 fully saturated rings. The molecule has 0 saturated carbocycles. The molecule has 3 N–H and O–H groups in total. The highest BCUT2D eigenvalue weighted by Gasteiger charge is 2.21. The van der Waals surface area contributed by atoms with Crippen LogP contribution in [0, 0.1) is 0 Å². The summed E-state index contributed by atoms with van der Waals surface area (Å²) in [6.07, 6.45) is -0.302. The van der Waals surface area contributed by atoms with Gasteiger partial charge >= 0.3 is 0 Å². The normalized spacial score (nSPS) is 12.9. The van der Waals surface area contributed by atoms with Gasteiger partial charge < -0.3 is 15.7 Å². The Hall–Kier alpha value is -2.31. The maximum absolute atomic E-state index is 12.6. The fourth-order valence-corrected chi connectivity index (χ4v) is 4.00. The summed E-state index contributed by atoms with van der Waals surface area (Å²) in [4.78, 5) is 26.1. The van der Waals surface area contributed by atoms with E-state index in [2.05, 4.69) is 10.6 Å². The van der Waals surface area contributed by atoms with E-state index in [1.54, 1.807) is 12.1 Å². The second kappa shape index (κ2) is 10.3. The van der Waals surface area contributed by atoms with E-state index in [9.17, 15) is 14.7 Å². The van der Waals surface area contributed by atoms with Crippen molar-refractivity contribution >= 4 is 23.6 Å². The molecule has 0 radical (unpaired) electrons. The van der Waals surface area contributed by atoms with Crippen molar-refractivity contribution in [3.63, 3.8) is 0 Å². The van der Waals surface area contributed by atoms with Gasteiger partial charge in [-0.15, -0.1) is 11.8 Å². The molecular formula is C25H34N2O3S. The SMILES string of the molecule is CC(C)(C)NC(=O)c1ccccc1C[C@@H](O)CSc1ccccc1C(=O)NC(C)(C)C. The third-order valence-corrected chi connectivity index (χ3v) is 5.48. The van der Waals surface area contributed by atoms with Gasteiger partial charge in [-0.1, -0.05) is 30.3 Å². The lowest BCUT2D eigenvalue weighted by atomic mass is 10.00. The zero-order chi connectivity index (χ0) is 23.2. The molecule has 0 aromatic heterocycles. The first kappa shape index (κ1) is 25.0. The summed E-state index contributed by atoms with van der Waals surface area (Å²) in [6, 6.07) is 14.7.